The molecule has 1 aromatic rings. The molecule has 1 aliphatic rings. The number of para-hydroxylation sites is 1. The van der Waals surface area contributed by atoms with Crippen LogP contribution in [0.2, 0.25) is 0 Å². The fourth-order valence-electron chi connectivity index (χ4n) is 2.12. The van der Waals surface area contributed by atoms with Crippen LogP contribution in [0.15, 0.2) is 24.3 Å². The Morgan fingerprint density at radius 1 is 1.47 bits per heavy atom. The van der Waals surface area contributed by atoms with Crippen molar-refractivity contribution in [1.82, 2.24) is 0 Å². The maximum atomic E-state index is 11.0. The number of nitrogens with zero attached hydrogens (tertiary/aromatic N) is 1. The zero-order valence-electron chi connectivity index (χ0n) is 8.91. The Hall–Kier alpha value is -1.95. The fraction of sp³-hybridized carbons (Fsp3) is 0.364. The lowest BCUT2D eigenvalue weighted by molar-refractivity contribution is -0.385. The Bertz CT molecular complexity index is 459. The summed E-state index contributed by atoms with van der Waals surface area (Å²) in [6.07, 6.45) is -0.502. The maximum absolute atomic E-state index is 11.0. The number of aliphatic carboxylic acids is 1. The summed E-state index contributed by atoms with van der Waals surface area (Å²) in [4.78, 5) is 21.4. The normalized spacial score (nSPS) is 23.5. The van der Waals surface area contributed by atoms with Crippen molar-refractivity contribution < 1.29 is 19.6 Å². The van der Waals surface area contributed by atoms with E-state index in [1.165, 1.54) is 6.07 Å². The van der Waals surface area contributed by atoms with Crippen molar-refractivity contribution in [1.29, 1.82) is 0 Å². The van der Waals surface area contributed by atoms with E-state index in [2.05, 4.69) is 0 Å². The van der Waals surface area contributed by atoms with Gasteiger partial charge in [0.25, 0.3) is 5.69 Å². The van der Waals surface area contributed by atoms with Crippen LogP contribution in [0.1, 0.15) is 17.9 Å². The SMILES string of the molecule is O=C(O)[C@H]1OCC[C@@H]1c1ccccc1[N+](=O)[O-]. The molecule has 1 fully saturated rings. The van der Waals surface area contributed by atoms with Gasteiger partial charge in [0.1, 0.15) is 0 Å². The molecule has 1 aromatic carbocycles. The minimum Gasteiger partial charge on any atom is -0.479 e. The molecule has 17 heavy (non-hydrogen) atoms. The molecule has 1 saturated heterocycles. The Morgan fingerprint density at radius 3 is 2.82 bits per heavy atom. The number of nitro groups is 1. The molecular formula is C11H11NO5. The minimum atomic E-state index is -1.08. The molecule has 1 aliphatic heterocycles. The van der Waals surface area contributed by atoms with Gasteiger partial charge in [-0.15, -0.1) is 0 Å². The summed E-state index contributed by atoms with van der Waals surface area (Å²) in [5, 5.41) is 19.9. The molecular weight excluding hydrogens is 226 g/mol. The highest BCUT2D eigenvalue weighted by Crippen LogP contribution is 2.36. The van der Waals surface area contributed by atoms with Gasteiger partial charge in [-0.2, -0.15) is 0 Å². The van der Waals surface area contributed by atoms with Crippen molar-refractivity contribution in [2.45, 2.75) is 18.4 Å². The first-order chi connectivity index (χ1) is 8.11. The van der Waals surface area contributed by atoms with E-state index in [-0.39, 0.29) is 5.69 Å². The van der Waals surface area contributed by atoms with Gasteiger partial charge in [0.15, 0.2) is 6.10 Å². The number of carboxylic acid groups (broad SMARTS) is 1. The Kier molecular flexibility index (Phi) is 3.06. The van der Waals surface area contributed by atoms with Gasteiger partial charge < -0.3 is 9.84 Å². The van der Waals surface area contributed by atoms with Gasteiger partial charge in [0.05, 0.1) is 4.92 Å². The van der Waals surface area contributed by atoms with Gasteiger partial charge >= 0.3 is 5.97 Å². The number of hydrogen-bond donors (Lipinski definition) is 1. The summed E-state index contributed by atoms with van der Waals surface area (Å²) in [6.45, 7) is 0.313. The molecule has 0 bridgehead atoms. The van der Waals surface area contributed by atoms with E-state index in [9.17, 15) is 14.9 Å². The highest BCUT2D eigenvalue weighted by atomic mass is 16.6. The number of benzene rings is 1. The lowest BCUT2D eigenvalue weighted by atomic mass is 9.91. The highest BCUT2D eigenvalue weighted by Gasteiger charge is 2.38. The molecule has 6 nitrogen and oxygen atoms in total. The van der Waals surface area contributed by atoms with E-state index < -0.39 is 22.9 Å². The second-order valence-corrected chi connectivity index (χ2v) is 3.84. The molecule has 1 N–H and O–H groups in total. The summed E-state index contributed by atoms with van der Waals surface area (Å²) in [5.74, 6) is -1.53. The Labute approximate surface area is 97.0 Å². The molecule has 0 spiro atoms. The first-order valence-corrected chi connectivity index (χ1v) is 5.19. The number of rotatable bonds is 3. The fourth-order valence-corrected chi connectivity index (χ4v) is 2.12. The molecule has 0 unspecified atom stereocenters. The summed E-state index contributed by atoms with van der Waals surface area (Å²) in [5.41, 5.74) is 0.386. The highest BCUT2D eigenvalue weighted by molar-refractivity contribution is 5.74. The van der Waals surface area contributed by atoms with Gasteiger partial charge in [0.2, 0.25) is 0 Å². The van der Waals surface area contributed by atoms with Crippen LogP contribution in [0, 0.1) is 10.1 Å². The van der Waals surface area contributed by atoms with Crippen LogP contribution in [0.3, 0.4) is 0 Å². The number of ether oxygens (including phenoxy) is 1. The van der Waals surface area contributed by atoms with Crippen molar-refractivity contribution in [3.8, 4) is 0 Å². The molecule has 2 rings (SSSR count). The van der Waals surface area contributed by atoms with Crippen LogP contribution in [0.25, 0.3) is 0 Å². The third-order valence-corrected chi connectivity index (χ3v) is 2.87. The summed E-state index contributed by atoms with van der Waals surface area (Å²) >= 11 is 0. The van der Waals surface area contributed by atoms with Gasteiger partial charge in [-0.05, 0) is 6.42 Å². The lowest BCUT2D eigenvalue weighted by Gasteiger charge is -2.14. The zero-order chi connectivity index (χ0) is 12.4. The van der Waals surface area contributed by atoms with Crippen molar-refractivity contribution in [2.24, 2.45) is 0 Å². The molecule has 2 atom stereocenters. The zero-order valence-corrected chi connectivity index (χ0v) is 8.91. The third-order valence-electron chi connectivity index (χ3n) is 2.87. The smallest absolute Gasteiger partial charge is 0.333 e. The molecule has 6 heteroatoms. The van der Waals surface area contributed by atoms with Crippen LogP contribution in [-0.4, -0.2) is 28.7 Å². The van der Waals surface area contributed by atoms with Crippen molar-refractivity contribution in [2.75, 3.05) is 6.61 Å². The van der Waals surface area contributed by atoms with Crippen LogP contribution in [0.5, 0.6) is 0 Å². The average Bonchev–Trinajstić information content (AvgIpc) is 2.77. The molecule has 0 aliphatic carbocycles. The van der Waals surface area contributed by atoms with Gasteiger partial charge in [0, 0.05) is 24.2 Å². The third kappa shape index (κ3) is 2.12. The number of carbonyl (C=O) groups is 1. The largest absolute Gasteiger partial charge is 0.479 e. The maximum Gasteiger partial charge on any atom is 0.333 e. The molecule has 90 valence electrons. The van der Waals surface area contributed by atoms with E-state index in [0.29, 0.717) is 18.6 Å². The second-order valence-electron chi connectivity index (χ2n) is 3.84. The van der Waals surface area contributed by atoms with E-state index >= 15 is 0 Å². The molecule has 0 amide bonds. The standard InChI is InChI=1S/C11H11NO5/c13-11(14)10-8(5-6-17-10)7-3-1-2-4-9(7)12(15)16/h1-4,8,10H,5-6H2,(H,13,14)/t8-,10+/m1/s1. The Morgan fingerprint density at radius 2 is 2.18 bits per heavy atom. The quantitative estimate of drug-likeness (QED) is 0.636. The van der Waals surface area contributed by atoms with Gasteiger partial charge in [-0.25, -0.2) is 4.79 Å². The summed E-state index contributed by atoms with van der Waals surface area (Å²) < 4.78 is 5.09. The van der Waals surface area contributed by atoms with Crippen LogP contribution < -0.4 is 0 Å². The Balaban J connectivity index is 2.39. The number of carboxylic acids is 1. The lowest BCUT2D eigenvalue weighted by Crippen LogP contribution is -2.25. The van der Waals surface area contributed by atoms with Crippen LogP contribution in [-0.2, 0) is 9.53 Å². The predicted molar refractivity (Wildman–Crippen MR) is 57.8 cm³/mol. The molecule has 1 heterocycles. The first-order valence-electron chi connectivity index (χ1n) is 5.19. The van der Waals surface area contributed by atoms with Gasteiger partial charge in [-0.1, -0.05) is 18.2 Å². The molecule has 0 saturated carbocycles. The number of nitro benzene ring substituents is 1. The first kappa shape index (κ1) is 11.5. The van der Waals surface area contributed by atoms with E-state index in [1.54, 1.807) is 18.2 Å². The van der Waals surface area contributed by atoms with E-state index in [0.717, 1.165) is 0 Å². The van der Waals surface area contributed by atoms with Crippen molar-refractivity contribution in [3.63, 3.8) is 0 Å². The monoisotopic (exact) mass is 237 g/mol. The summed E-state index contributed by atoms with van der Waals surface area (Å²) in [6, 6.07) is 6.20. The minimum absolute atomic E-state index is 0.0470. The number of hydrogen-bond acceptors (Lipinski definition) is 4. The van der Waals surface area contributed by atoms with E-state index in [1.807, 2.05) is 0 Å². The average molecular weight is 237 g/mol. The van der Waals surface area contributed by atoms with Crippen molar-refractivity contribution >= 4 is 11.7 Å². The van der Waals surface area contributed by atoms with Gasteiger partial charge in [-0.3, -0.25) is 10.1 Å². The van der Waals surface area contributed by atoms with Crippen molar-refractivity contribution in [3.05, 3.63) is 39.9 Å². The second kappa shape index (κ2) is 4.50. The molecule has 0 radical (unpaired) electrons. The van der Waals surface area contributed by atoms with E-state index in [4.69, 9.17) is 9.84 Å². The summed E-state index contributed by atoms with van der Waals surface area (Å²) in [7, 11) is 0. The predicted octanol–water partition coefficient (Wildman–Crippen LogP) is 1.55. The van der Waals surface area contributed by atoms with Crippen LogP contribution >= 0.6 is 0 Å². The topological polar surface area (TPSA) is 89.7 Å². The molecule has 0 aromatic heterocycles. The van der Waals surface area contributed by atoms with Crippen LogP contribution in [0.4, 0.5) is 5.69 Å².